The summed E-state index contributed by atoms with van der Waals surface area (Å²) in [4.78, 5) is 11.5. The minimum Gasteiger partial charge on any atom is -0.273 e. The second kappa shape index (κ2) is 3.09. The van der Waals surface area contributed by atoms with Crippen LogP contribution in [0, 0.1) is 5.92 Å². The molecule has 2 aliphatic heterocycles. The molecule has 0 aromatic rings. The summed E-state index contributed by atoms with van der Waals surface area (Å²) in [6.07, 6.45) is 8.11. The number of carbonyl (C=O) groups excluding carboxylic acids is 1. The predicted octanol–water partition coefficient (Wildman–Crippen LogP) is 2.10. The largest absolute Gasteiger partial charge is 0.273 e. The Balaban J connectivity index is 2.24. The molecular formula is C9H12ClNO. The normalized spacial score (nSPS) is 37.8. The molecule has 1 amide bonds. The van der Waals surface area contributed by atoms with E-state index in [2.05, 4.69) is 12.2 Å². The van der Waals surface area contributed by atoms with Crippen LogP contribution in [0.2, 0.25) is 0 Å². The van der Waals surface area contributed by atoms with Gasteiger partial charge in [-0.15, -0.1) is 0 Å². The molecule has 1 fully saturated rings. The van der Waals surface area contributed by atoms with E-state index in [-0.39, 0.29) is 17.9 Å². The van der Waals surface area contributed by atoms with E-state index in [0.717, 1.165) is 25.7 Å². The average molecular weight is 186 g/mol. The first-order valence-electron chi connectivity index (χ1n) is 4.43. The Bertz CT molecular complexity index is 227. The molecule has 0 spiro atoms. The summed E-state index contributed by atoms with van der Waals surface area (Å²) in [5.41, 5.74) is 0. The fourth-order valence-corrected chi connectivity index (χ4v) is 2.24. The van der Waals surface area contributed by atoms with Gasteiger partial charge in [0.1, 0.15) is 0 Å². The number of carbonyl (C=O) groups is 1. The van der Waals surface area contributed by atoms with Crippen LogP contribution in [0.15, 0.2) is 12.2 Å². The fourth-order valence-electron chi connectivity index (χ4n) is 1.93. The molecule has 3 aliphatic rings. The van der Waals surface area contributed by atoms with Gasteiger partial charge in [0.15, 0.2) is 0 Å². The molecule has 2 nitrogen and oxygen atoms in total. The number of fused-ring (bicyclic) bond motifs is 4. The van der Waals surface area contributed by atoms with Gasteiger partial charge in [-0.25, -0.2) is 0 Å². The van der Waals surface area contributed by atoms with Crippen molar-refractivity contribution in [3.8, 4) is 0 Å². The lowest BCUT2D eigenvalue weighted by Gasteiger charge is -2.35. The maximum atomic E-state index is 11.5. The lowest BCUT2D eigenvalue weighted by molar-refractivity contribution is -0.135. The zero-order chi connectivity index (χ0) is 8.55. The summed E-state index contributed by atoms with van der Waals surface area (Å²) < 4.78 is 1.41. The number of nitrogens with zero attached hydrogens (tertiary/aromatic N) is 1. The summed E-state index contributed by atoms with van der Waals surface area (Å²) >= 11 is 5.89. The predicted molar refractivity (Wildman–Crippen MR) is 47.6 cm³/mol. The average Bonchev–Trinajstić information content (AvgIpc) is 2.00. The van der Waals surface area contributed by atoms with E-state index < -0.39 is 0 Å². The van der Waals surface area contributed by atoms with E-state index in [0.29, 0.717) is 0 Å². The van der Waals surface area contributed by atoms with E-state index in [4.69, 9.17) is 11.8 Å². The van der Waals surface area contributed by atoms with Gasteiger partial charge in [-0.2, -0.15) is 0 Å². The molecule has 0 aromatic heterocycles. The van der Waals surface area contributed by atoms with E-state index in [9.17, 15) is 4.79 Å². The van der Waals surface area contributed by atoms with E-state index in [1.807, 2.05) is 0 Å². The summed E-state index contributed by atoms with van der Waals surface area (Å²) in [6, 6.07) is 0.243. The molecule has 0 N–H and O–H groups in total. The third kappa shape index (κ3) is 1.24. The third-order valence-corrected chi connectivity index (χ3v) is 3.17. The lowest BCUT2D eigenvalue weighted by Crippen LogP contribution is -2.42. The molecule has 0 unspecified atom stereocenters. The molecule has 3 heteroatoms. The van der Waals surface area contributed by atoms with Crippen LogP contribution in [-0.2, 0) is 4.79 Å². The van der Waals surface area contributed by atoms with Crippen molar-refractivity contribution in [2.75, 3.05) is 0 Å². The Labute approximate surface area is 77.3 Å². The topological polar surface area (TPSA) is 20.3 Å². The van der Waals surface area contributed by atoms with Crippen molar-refractivity contribution < 1.29 is 4.79 Å². The number of amides is 1. The molecule has 0 radical (unpaired) electrons. The molecular weight excluding hydrogens is 174 g/mol. The highest BCUT2D eigenvalue weighted by atomic mass is 35.5. The number of halogens is 1. The first kappa shape index (κ1) is 8.11. The first-order chi connectivity index (χ1) is 5.79. The van der Waals surface area contributed by atoms with Crippen molar-refractivity contribution in [1.29, 1.82) is 0 Å². The second-order valence-electron chi connectivity index (χ2n) is 3.52. The van der Waals surface area contributed by atoms with Crippen LogP contribution in [-0.4, -0.2) is 16.4 Å². The Hall–Kier alpha value is -0.500. The van der Waals surface area contributed by atoms with Gasteiger partial charge in [-0.1, -0.05) is 12.2 Å². The molecule has 2 heterocycles. The zero-order valence-electron chi connectivity index (χ0n) is 6.87. The van der Waals surface area contributed by atoms with Gasteiger partial charge < -0.3 is 0 Å². The van der Waals surface area contributed by atoms with Crippen LogP contribution < -0.4 is 0 Å². The number of piperidine rings is 1. The van der Waals surface area contributed by atoms with Crippen LogP contribution in [0.4, 0.5) is 0 Å². The van der Waals surface area contributed by atoms with Crippen molar-refractivity contribution >= 4 is 17.7 Å². The summed E-state index contributed by atoms with van der Waals surface area (Å²) in [7, 11) is 0. The monoisotopic (exact) mass is 185 g/mol. The van der Waals surface area contributed by atoms with Crippen molar-refractivity contribution in [3.05, 3.63) is 12.2 Å². The lowest BCUT2D eigenvalue weighted by atomic mass is 9.87. The molecule has 0 aromatic carbocycles. The highest BCUT2D eigenvalue weighted by Gasteiger charge is 2.34. The molecule has 66 valence electrons. The Kier molecular flexibility index (Phi) is 2.09. The maximum absolute atomic E-state index is 11.5. The van der Waals surface area contributed by atoms with Crippen molar-refractivity contribution in [1.82, 2.24) is 4.42 Å². The summed E-state index contributed by atoms with van der Waals surface area (Å²) in [5, 5.41) is 0. The molecule has 2 atom stereocenters. The van der Waals surface area contributed by atoms with Gasteiger partial charge in [-0.05, 0) is 25.7 Å². The van der Waals surface area contributed by atoms with Crippen molar-refractivity contribution in [2.45, 2.75) is 31.7 Å². The van der Waals surface area contributed by atoms with Crippen molar-refractivity contribution in [2.24, 2.45) is 5.92 Å². The van der Waals surface area contributed by atoms with Gasteiger partial charge in [0.2, 0.25) is 5.91 Å². The standard InChI is InChI=1S/C9H12ClNO/c10-11-8-4-2-1-3-7(5-6-8)9(11)12/h1-2,7-8H,3-6H2/b2-1-/t7-,8+/m0/s1. The summed E-state index contributed by atoms with van der Waals surface area (Å²) in [5.74, 6) is 0.271. The highest BCUT2D eigenvalue weighted by molar-refractivity contribution is 6.22. The second-order valence-corrected chi connectivity index (χ2v) is 3.88. The van der Waals surface area contributed by atoms with Gasteiger partial charge in [0.05, 0.1) is 6.04 Å². The quantitative estimate of drug-likeness (QED) is 0.418. The minimum absolute atomic E-state index is 0.122. The van der Waals surface area contributed by atoms with Crippen LogP contribution in [0.1, 0.15) is 25.7 Å². The Morgan fingerprint density at radius 2 is 2.08 bits per heavy atom. The Morgan fingerprint density at radius 1 is 1.33 bits per heavy atom. The van der Waals surface area contributed by atoms with Gasteiger partial charge in [-0.3, -0.25) is 9.21 Å². The van der Waals surface area contributed by atoms with Crippen LogP contribution in [0.25, 0.3) is 0 Å². The van der Waals surface area contributed by atoms with E-state index >= 15 is 0 Å². The summed E-state index contributed by atoms with van der Waals surface area (Å²) in [6.45, 7) is 0. The van der Waals surface area contributed by atoms with Gasteiger partial charge >= 0.3 is 0 Å². The third-order valence-electron chi connectivity index (χ3n) is 2.72. The number of allylic oxidation sites excluding steroid dienone is 1. The minimum atomic E-state index is 0.122. The van der Waals surface area contributed by atoms with Crippen molar-refractivity contribution in [3.63, 3.8) is 0 Å². The van der Waals surface area contributed by atoms with Gasteiger partial charge in [0.25, 0.3) is 0 Å². The molecule has 1 saturated heterocycles. The first-order valence-corrected chi connectivity index (χ1v) is 4.76. The number of hydrogen-bond acceptors (Lipinski definition) is 1. The smallest absolute Gasteiger partial charge is 0.240 e. The molecule has 3 rings (SSSR count). The maximum Gasteiger partial charge on any atom is 0.240 e. The Morgan fingerprint density at radius 3 is 2.92 bits per heavy atom. The number of hydrogen-bond donors (Lipinski definition) is 0. The molecule has 0 saturated carbocycles. The number of rotatable bonds is 0. The SMILES string of the molecule is O=C1[C@H]2C/C=C\C[C@H](CC2)N1Cl. The van der Waals surface area contributed by atoms with Gasteiger partial charge in [0, 0.05) is 17.7 Å². The van der Waals surface area contributed by atoms with E-state index in [1.54, 1.807) is 0 Å². The zero-order valence-corrected chi connectivity index (χ0v) is 7.63. The highest BCUT2D eigenvalue weighted by Crippen LogP contribution is 2.31. The fraction of sp³-hybridized carbons (Fsp3) is 0.667. The van der Waals surface area contributed by atoms with Crippen LogP contribution in [0.3, 0.4) is 0 Å². The van der Waals surface area contributed by atoms with Crippen LogP contribution >= 0.6 is 11.8 Å². The molecule has 2 bridgehead atoms. The molecule has 1 aliphatic carbocycles. The van der Waals surface area contributed by atoms with E-state index in [1.165, 1.54) is 4.42 Å². The van der Waals surface area contributed by atoms with Crippen LogP contribution in [0.5, 0.6) is 0 Å². The molecule has 12 heavy (non-hydrogen) atoms.